The Bertz CT molecular complexity index is 1220. The van der Waals surface area contributed by atoms with Crippen molar-refractivity contribution >= 4 is 33.3 Å². The van der Waals surface area contributed by atoms with Crippen molar-refractivity contribution in [1.82, 2.24) is 9.21 Å². The van der Waals surface area contributed by atoms with Crippen LogP contribution in [0.15, 0.2) is 47.4 Å². The topological polar surface area (TPSA) is 95.1 Å². The minimum Gasteiger partial charge on any atom is -0.295 e. The van der Waals surface area contributed by atoms with E-state index >= 15 is 0 Å². The number of imide groups is 1. The lowest BCUT2D eigenvalue weighted by atomic mass is 10.1. The number of piperazine rings is 1. The van der Waals surface area contributed by atoms with Crippen molar-refractivity contribution in [2.24, 2.45) is 0 Å². The van der Waals surface area contributed by atoms with E-state index in [0.717, 1.165) is 10.5 Å². The Balaban J connectivity index is 1.46. The zero-order valence-corrected chi connectivity index (χ0v) is 19.8. The monoisotopic (exact) mass is 469 g/mol. The quantitative estimate of drug-likeness (QED) is 0.492. The third kappa shape index (κ3) is 4.36. The number of Topliss-reactive ketones (excluding diaryl/α,β-unsaturated/α-hetero) is 1. The van der Waals surface area contributed by atoms with Gasteiger partial charge < -0.3 is 0 Å². The molecule has 2 aliphatic heterocycles. The highest BCUT2D eigenvalue weighted by Crippen LogP contribution is 2.28. The fourth-order valence-corrected chi connectivity index (χ4v) is 6.13. The van der Waals surface area contributed by atoms with Gasteiger partial charge in [0.1, 0.15) is 0 Å². The summed E-state index contributed by atoms with van der Waals surface area (Å²) in [5, 5.41) is 0. The van der Waals surface area contributed by atoms with Gasteiger partial charge in [0.25, 0.3) is 5.91 Å². The summed E-state index contributed by atoms with van der Waals surface area (Å²) in [6.45, 7) is 6.33. The smallest absolute Gasteiger partial charge is 0.251 e. The number of carbonyl (C=O) groups excluding carboxylic acids is 3. The van der Waals surface area contributed by atoms with Gasteiger partial charge in [0.05, 0.1) is 23.0 Å². The minimum absolute atomic E-state index is 0.0526. The van der Waals surface area contributed by atoms with Gasteiger partial charge in [0, 0.05) is 31.7 Å². The number of sulfonamides is 1. The second-order valence-corrected chi connectivity index (χ2v) is 10.5. The molecule has 0 bridgehead atoms. The molecule has 0 unspecified atom stereocenters. The molecule has 2 saturated heterocycles. The average Bonchev–Trinajstić information content (AvgIpc) is 3.09. The number of nitrogens with zero attached hydrogens (tertiary/aromatic N) is 3. The number of hydrogen-bond donors (Lipinski definition) is 0. The van der Waals surface area contributed by atoms with Gasteiger partial charge in [-0.05, 0) is 62.2 Å². The second kappa shape index (κ2) is 8.81. The molecule has 0 aromatic heterocycles. The Morgan fingerprint density at radius 3 is 2.18 bits per heavy atom. The maximum absolute atomic E-state index is 13.2. The van der Waals surface area contributed by atoms with Crippen LogP contribution < -0.4 is 4.90 Å². The average molecular weight is 470 g/mol. The van der Waals surface area contributed by atoms with Gasteiger partial charge in [-0.1, -0.05) is 12.1 Å². The molecule has 174 valence electrons. The number of amides is 2. The summed E-state index contributed by atoms with van der Waals surface area (Å²) < 4.78 is 27.8. The summed E-state index contributed by atoms with van der Waals surface area (Å²) in [7, 11) is -3.63. The molecule has 9 heteroatoms. The minimum atomic E-state index is -3.63. The molecule has 1 atom stereocenters. The largest absolute Gasteiger partial charge is 0.295 e. The van der Waals surface area contributed by atoms with Crippen LogP contribution in [-0.4, -0.2) is 67.4 Å². The number of rotatable bonds is 5. The van der Waals surface area contributed by atoms with E-state index in [1.807, 2.05) is 17.9 Å². The fourth-order valence-electron chi connectivity index (χ4n) is 4.40. The molecule has 33 heavy (non-hydrogen) atoms. The maximum atomic E-state index is 13.2. The van der Waals surface area contributed by atoms with Gasteiger partial charge >= 0.3 is 0 Å². The van der Waals surface area contributed by atoms with Gasteiger partial charge in [-0.2, -0.15) is 4.31 Å². The lowest BCUT2D eigenvalue weighted by molar-refractivity contribution is -0.123. The van der Waals surface area contributed by atoms with Crippen LogP contribution in [0.3, 0.4) is 0 Å². The highest BCUT2D eigenvalue weighted by Gasteiger charge is 2.44. The molecule has 0 spiro atoms. The van der Waals surface area contributed by atoms with Crippen LogP contribution in [0.2, 0.25) is 0 Å². The molecule has 0 radical (unpaired) electrons. The molecule has 4 rings (SSSR count). The molecule has 2 fully saturated rings. The number of anilines is 1. The number of carbonyl (C=O) groups is 3. The standard InChI is InChI=1S/C24H27N3O5S/c1-16-4-5-17(2)22(14-16)33(31,32)26-12-10-25(11-13-26)21-15-23(29)27(24(21)30)20-8-6-19(7-9-20)18(3)28/h4-9,14,21H,10-13,15H2,1-3H3/t21-/m1/s1. The van der Waals surface area contributed by atoms with Crippen molar-refractivity contribution < 1.29 is 22.8 Å². The van der Waals surface area contributed by atoms with Gasteiger partial charge in [0.2, 0.25) is 15.9 Å². The van der Waals surface area contributed by atoms with Crippen molar-refractivity contribution in [2.75, 3.05) is 31.1 Å². The summed E-state index contributed by atoms with van der Waals surface area (Å²) in [6, 6.07) is 11.2. The van der Waals surface area contributed by atoms with E-state index in [0.29, 0.717) is 34.8 Å². The third-order valence-electron chi connectivity index (χ3n) is 6.33. The lowest BCUT2D eigenvalue weighted by Gasteiger charge is -2.36. The van der Waals surface area contributed by atoms with Crippen molar-refractivity contribution in [3.05, 3.63) is 59.2 Å². The van der Waals surface area contributed by atoms with Crippen molar-refractivity contribution in [3.63, 3.8) is 0 Å². The van der Waals surface area contributed by atoms with Crippen LogP contribution in [-0.2, 0) is 19.6 Å². The van der Waals surface area contributed by atoms with Gasteiger partial charge in [-0.3, -0.25) is 19.3 Å². The molecule has 2 heterocycles. The van der Waals surface area contributed by atoms with Gasteiger partial charge in [-0.25, -0.2) is 13.3 Å². The van der Waals surface area contributed by atoms with Crippen molar-refractivity contribution in [1.29, 1.82) is 0 Å². The van der Waals surface area contributed by atoms with Crippen LogP contribution in [0.25, 0.3) is 0 Å². The summed E-state index contributed by atoms with van der Waals surface area (Å²) in [5.74, 6) is -0.709. The van der Waals surface area contributed by atoms with Gasteiger partial charge in [-0.15, -0.1) is 0 Å². The number of benzene rings is 2. The highest BCUT2D eigenvalue weighted by atomic mass is 32.2. The third-order valence-corrected chi connectivity index (χ3v) is 8.37. The van der Waals surface area contributed by atoms with Crippen LogP contribution in [0, 0.1) is 13.8 Å². The normalized spacial score (nSPS) is 20.5. The predicted molar refractivity (Wildman–Crippen MR) is 124 cm³/mol. The van der Waals surface area contributed by atoms with E-state index in [9.17, 15) is 22.8 Å². The zero-order chi connectivity index (χ0) is 23.9. The molecule has 2 amide bonds. The summed E-state index contributed by atoms with van der Waals surface area (Å²) in [4.78, 5) is 40.6. The molecule has 0 N–H and O–H groups in total. The number of hydrogen-bond acceptors (Lipinski definition) is 6. The van der Waals surface area contributed by atoms with Crippen molar-refractivity contribution in [2.45, 2.75) is 38.1 Å². The number of aryl methyl sites for hydroxylation is 2. The van der Waals surface area contributed by atoms with E-state index in [1.54, 1.807) is 43.3 Å². The van der Waals surface area contributed by atoms with Crippen LogP contribution in [0.1, 0.15) is 34.8 Å². The molecular weight excluding hydrogens is 442 g/mol. The van der Waals surface area contributed by atoms with E-state index in [2.05, 4.69) is 0 Å². The second-order valence-electron chi connectivity index (χ2n) is 8.60. The SMILES string of the molecule is CC(=O)c1ccc(N2C(=O)C[C@@H](N3CCN(S(=O)(=O)c4cc(C)ccc4C)CC3)C2=O)cc1. The summed E-state index contributed by atoms with van der Waals surface area (Å²) in [5.41, 5.74) is 2.53. The van der Waals surface area contributed by atoms with Crippen LogP contribution in [0.5, 0.6) is 0 Å². The molecular formula is C24H27N3O5S. The van der Waals surface area contributed by atoms with E-state index < -0.39 is 16.1 Å². The Kier molecular flexibility index (Phi) is 6.22. The molecule has 2 aromatic rings. The highest BCUT2D eigenvalue weighted by molar-refractivity contribution is 7.89. The first-order valence-corrected chi connectivity index (χ1v) is 12.3. The van der Waals surface area contributed by atoms with E-state index in [4.69, 9.17) is 0 Å². The number of ketones is 1. The van der Waals surface area contributed by atoms with E-state index in [-0.39, 0.29) is 37.1 Å². The zero-order valence-electron chi connectivity index (χ0n) is 18.9. The van der Waals surface area contributed by atoms with Crippen LogP contribution in [0.4, 0.5) is 5.69 Å². The first kappa shape index (κ1) is 23.3. The Hall–Kier alpha value is -2.88. The summed E-state index contributed by atoms with van der Waals surface area (Å²) in [6.07, 6.45) is 0.0526. The molecule has 0 saturated carbocycles. The summed E-state index contributed by atoms with van der Waals surface area (Å²) >= 11 is 0. The first-order chi connectivity index (χ1) is 15.6. The lowest BCUT2D eigenvalue weighted by Crippen LogP contribution is -2.53. The van der Waals surface area contributed by atoms with Crippen molar-refractivity contribution in [3.8, 4) is 0 Å². The van der Waals surface area contributed by atoms with Crippen LogP contribution >= 0.6 is 0 Å². The van der Waals surface area contributed by atoms with Gasteiger partial charge in [0.15, 0.2) is 5.78 Å². The first-order valence-electron chi connectivity index (χ1n) is 10.9. The maximum Gasteiger partial charge on any atom is 0.251 e. The fraction of sp³-hybridized carbons (Fsp3) is 0.375. The molecule has 8 nitrogen and oxygen atoms in total. The predicted octanol–water partition coefficient (Wildman–Crippen LogP) is 2.14. The Morgan fingerprint density at radius 2 is 1.58 bits per heavy atom. The molecule has 0 aliphatic carbocycles. The Labute approximate surface area is 193 Å². The molecule has 2 aromatic carbocycles. The van der Waals surface area contributed by atoms with E-state index in [1.165, 1.54) is 11.2 Å². The Morgan fingerprint density at radius 1 is 0.939 bits per heavy atom. The molecule has 2 aliphatic rings.